The SMILES string of the molecule is NCc1cc2ccccc2cc1-c1ccc2c(c1)C1(c3ccccc3-2)c2ccccc2-n2c3ccccc3c3cccc1c32. The van der Waals surface area contributed by atoms with Gasteiger partial charge in [0.15, 0.2) is 0 Å². The van der Waals surface area contributed by atoms with Crippen molar-refractivity contribution in [2.45, 2.75) is 12.0 Å². The molecule has 0 saturated carbocycles. The van der Waals surface area contributed by atoms with Crippen LogP contribution in [-0.4, -0.2) is 4.57 Å². The third-order valence-electron chi connectivity index (χ3n) is 10.2. The Hall–Kier alpha value is -5.44. The highest BCUT2D eigenvalue weighted by molar-refractivity contribution is 6.13. The topological polar surface area (TPSA) is 30.9 Å². The van der Waals surface area contributed by atoms with E-state index in [2.05, 4.69) is 150 Å². The van der Waals surface area contributed by atoms with Crippen LogP contribution in [0.15, 0.2) is 146 Å². The zero-order chi connectivity index (χ0) is 29.0. The Bertz CT molecular complexity index is 2500. The second-order valence-corrected chi connectivity index (χ2v) is 12.2. The van der Waals surface area contributed by atoms with Crippen molar-refractivity contribution >= 4 is 32.6 Å². The summed E-state index contributed by atoms with van der Waals surface area (Å²) in [5.74, 6) is 0. The van der Waals surface area contributed by atoms with Gasteiger partial charge in [-0.25, -0.2) is 0 Å². The number of hydrogen-bond acceptors (Lipinski definition) is 1. The summed E-state index contributed by atoms with van der Waals surface area (Å²) >= 11 is 0. The summed E-state index contributed by atoms with van der Waals surface area (Å²) in [7, 11) is 0. The summed E-state index contributed by atoms with van der Waals surface area (Å²) in [5, 5.41) is 5.05. The van der Waals surface area contributed by atoms with Crippen LogP contribution in [0.1, 0.15) is 27.8 Å². The lowest BCUT2D eigenvalue weighted by molar-refractivity contribution is 0.749. The molecule has 1 aromatic heterocycles. The van der Waals surface area contributed by atoms with Gasteiger partial charge in [-0.15, -0.1) is 0 Å². The fourth-order valence-corrected chi connectivity index (χ4v) is 8.45. The van der Waals surface area contributed by atoms with Crippen molar-refractivity contribution < 1.29 is 0 Å². The molecule has 10 rings (SSSR count). The van der Waals surface area contributed by atoms with Gasteiger partial charge in [0.25, 0.3) is 0 Å². The molecule has 1 atom stereocenters. The van der Waals surface area contributed by atoms with Crippen molar-refractivity contribution in [3.8, 4) is 27.9 Å². The van der Waals surface area contributed by atoms with E-state index in [1.165, 1.54) is 88.3 Å². The minimum absolute atomic E-state index is 0.456. The van der Waals surface area contributed by atoms with E-state index >= 15 is 0 Å². The summed E-state index contributed by atoms with van der Waals surface area (Å²) in [6.45, 7) is 0.491. The van der Waals surface area contributed by atoms with Gasteiger partial charge in [0.2, 0.25) is 0 Å². The van der Waals surface area contributed by atoms with Gasteiger partial charge in [0.1, 0.15) is 0 Å². The van der Waals surface area contributed by atoms with Crippen molar-refractivity contribution in [1.29, 1.82) is 0 Å². The molecular formula is C42H28N2. The van der Waals surface area contributed by atoms with E-state index in [0.29, 0.717) is 6.54 Å². The molecule has 1 spiro atoms. The Morgan fingerprint density at radius 3 is 2.07 bits per heavy atom. The van der Waals surface area contributed by atoms with Gasteiger partial charge >= 0.3 is 0 Å². The van der Waals surface area contributed by atoms with Gasteiger partial charge in [-0.2, -0.15) is 0 Å². The van der Waals surface area contributed by atoms with Gasteiger partial charge in [0.05, 0.1) is 22.1 Å². The number of nitrogens with two attached hydrogens (primary N) is 1. The molecule has 206 valence electrons. The van der Waals surface area contributed by atoms with Crippen LogP contribution in [0, 0.1) is 0 Å². The molecule has 0 fully saturated rings. The zero-order valence-electron chi connectivity index (χ0n) is 24.1. The first-order valence-corrected chi connectivity index (χ1v) is 15.4. The van der Waals surface area contributed by atoms with Crippen LogP contribution in [-0.2, 0) is 12.0 Å². The van der Waals surface area contributed by atoms with Crippen molar-refractivity contribution in [1.82, 2.24) is 4.57 Å². The molecule has 2 N–H and O–H groups in total. The normalized spacial score (nSPS) is 16.0. The smallest absolute Gasteiger partial charge is 0.0754 e. The minimum atomic E-state index is -0.456. The second-order valence-electron chi connectivity index (χ2n) is 12.2. The minimum Gasteiger partial charge on any atom is -0.326 e. The fraction of sp³-hybridized carbons (Fsp3) is 0.0476. The Morgan fingerprint density at radius 2 is 1.18 bits per heavy atom. The van der Waals surface area contributed by atoms with Crippen LogP contribution in [0.25, 0.3) is 60.5 Å². The lowest BCUT2D eigenvalue weighted by Crippen LogP contribution is -2.33. The number of fused-ring (bicyclic) bond motifs is 13. The quantitative estimate of drug-likeness (QED) is 0.224. The van der Waals surface area contributed by atoms with Crippen LogP contribution in [0.3, 0.4) is 0 Å². The number of benzene rings is 7. The molecule has 0 saturated heterocycles. The average molecular weight is 561 g/mol. The second kappa shape index (κ2) is 8.57. The number of para-hydroxylation sites is 3. The van der Waals surface area contributed by atoms with E-state index in [-0.39, 0.29) is 0 Å². The summed E-state index contributed by atoms with van der Waals surface area (Å²) < 4.78 is 2.50. The molecule has 0 bridgehead atoms. The van der Waals surface area contributed by atoms with E-state index in [1.807, 2.05) is 0 Å². The highest BCUT2D eigenvalue weighted by atomic mass is 15.0. The summed E-state index contributed by atoms with van der Waals surface area (Å²) in [6, 6.07) is 54.1. The maximum absolute atomic E-state index is 6.40. The maximum Gasteiger partial charge on any atom is 0.0754 e. The molecule has 2 heteroatoms. The molecule has 0 radical (unpaired) electrons. The number of aromatic nitrogens is 1. The number of hydrogen-bond donors (Lipinski definition) is 1. The van der Waals surface area contributed by atoms with Crippen LogP contribution in [0.2, 0.25) is 0 Å². The molecular weight excluding hydrogens is 532 g/mol. The van der Waals surface area contributed by atoms with E-state index < -0.39 is 5.41 Å². The van der Waals surface area contributed by atoms with Crippen LogP contribution < -0.4 is 5.73 Å². The molecule has 7 aromatic carbocycles. The first-order chi connectivity index (χ1) is 21.8. The predicted octanol–water partition coefficient (Wildman–Crippen LogP) is 9.74. The van der Waals surface area contributed by atoms with E-state index in [4.69, 9.17) is 5.73 Å². The van der Waals surface area contributed by atoms with E-state index in [9.17, 15) is 0 Å². The van der Waals surface area contributed by atoms with Crippen molar-refractivity contribution in [2.24, 2.45) is 5.73 Å². The summed E-state index contributed by atoms with van der Waals surface area (Å²) in [4.78, 5) is 0. The maximum atomic E-state index is 6.40. The Balaban J connectivity index is 1.37. The molecule has 2 heterocycles. The third-order valence-corrected chi connectivity index (χ3v) is 10.2. The summed E-state index contributed by atoms with van der Waals surface area (Å²) in [6.07, 6.45) is 0. The lowest BCUT2D eigenvalue weighted by Gasteiger charge is -2.39. The van der Waals surface area contributed by atoms with Crippen molar-refractivity contribution in [3.63, 3.8) is 0 Å². The van der Waals surface area contributed by atoms with E-state index in [1.54, 1.807) is 0 Å². The van der Waals surface area contributed by atoms with Gasteiger partial charge in [-0.1, -0.05) is 115 Å². The molecule has 1 aliphatic heterocycles. The Labute approximate surface area is 255 Å². The predicted molar refractivity (Wildman–Crippen MR) is 182 cm³/mol. The molecule has 2 aliphatic rings. The van der Waals surface area contributed by atoms with Gasteiger partial charge in [-0.05, 0) is 91.2 Å². The van der Waals surface area contributed by atoms with Crippen LogP contribution >= 0.6 is 0 Å². The monoisotopic (exact) mass is 560 g/mol. The molecule has 1 aliphatic carbocycles. The standard InChI is InChI=1S/C42H28N2/c43-25-29-22-26-10-1-2-11-27(26)23-34(29)28-20-21-31-30-12-3-5-15-35(30)42(38(31)24-28)36-16-6-8-19-40(36)44-39-18-7-4-13-32(39)33-14-9-17-37(42)41(33)44/h1-24H,25,43H2. The average Bonchev–Trinajstić information content (AvgIpc) is 3.58. The first-order valence-electron chi connectivity index (χ1n) is 15.4. The van der Waals surface area contributed by atoms with Gasteiger partial charge in [-0.3, -0.25) is 0 Å². The van der Waals surface area contributed by atoms with Crippen molar-refractivity contribution in [2.75, 3.05) is 0 Å². The highest BCUT2D eigenvalue weighted by Crippen LogP contribution is 2.61. The van der Waals surface area contributed by atoms with Gasteiger partial charge < -0.3 is 10.3 Å². The fourth-order valence-electron chi connectivity index (χ4n) is 8.45. The van der Waals surface area contributed by atoms with Crippen LogP contribution in [0.5, 0.6) is 0 Å². The largest absolute Gasteiger partial charge is 0.326 e. The first kappa shape index (κ1) is 24.0. The summed E-state index contributed by atoms with van der Waals surface area (Å²) in [5.41, 5.74) is 21.3. The highest BCUT2D eigenvalue weighted by Gasteiger charge is 2.50. The molecule has 1 unspecified atom stereocenters. The van der Waals surface area contributed by atoms with E-state index in [0.717, 1.165) is 0 Å². The van der Waals surface area contributed by atoms with Crippen molar-refractivity contribution in [3.05, 3.63) is 173 Å². The molecule has 44 heavy (non-hydrogen) atoms. The number of nitrogens with zero attached hydrogens (tertiary/aromatic N) is 1. The molecule has 2 nitrogen and oxygen atoms in total. The molecule has 0 amide bonds. The Kier molecular flexibility index (Phi) is 4.68. The van der Waals surface area contributed by atoms with Crippen LogP contribution in [0.4, 0.5) is 0 Å². The third kappa shape index (κ3) is 2.84. The molecule has 8 aromatic rings. The number of rotatable bonds is 2. The lowest BCUT2D eigenvalue weighted by atomic mass is 9.65. The Morgan fingerprint density at radius 1 is 0.500 bits per heavy atom. The zero-order valence-corrected chi connectivity index (χ0v) is 24.1. The van der Waals surface area contributed by atoms with Gasteiger partial charge in [0, 0.05) is 17.3 Å².